The fourth-order valence-corrected chi connectivity index (χ4v) is 2.78. The van der Waals surface area contributed by atoms with Gasteiger partial charge in [-0.2, -0.15) is 13.2 Å². The van der Waals surface area contributed by atoms with Crippen molar-refractivity contribution < 1.29 is 49.6 Å². The Bertz CT molecular complexity index is 1260. The summed E-state index contributed by atoms with van der Waals surface area (Å²) >= 11 is 0. The molecule has 0 aliphatic carbocycles. The Morgan fingerprint density at radius 1 is 1.06 bits per heavy atom. The smallest absolute Gasteiger partial charge is 0.422 e. The standard InChI is InChI=1S/C20H11F7N2O5/c1-8-2-4-11(10(6-8)29(31)32)33-7-9-3-5-12(34-9)19(30)28-18-16(23)14(21)13(20(25,26)27)15(22)17(18)24/h2-6H,7H2,1H3,(H,28,30). The maximum Gasteiger partial charge on any atom is 0.422 e. The van der Waals surface area contributed by atoms with Crippen molar-refractivity contribution in [2.75, 3.05) is 5.32 Å². The molecule has 0 fully saturated rings. The molecule has 0 saturated heterocycles. The van der Waals surface area contributed by atoms with Gasteiger partial charge in [-0.15, -0.1) is 0 Å². The molecule has 3 rings (SSSR count). The summed E-state index contributed by atoms with van der Waals surface area (Å²) < 4.78 is 104. The van der Waals surface area contributed by atoms with E-state index in [2.05, 4.69) is 0 Å². The number of amides is 1. The lowest BCUT2D eigenvalue weighted by atomic mass is 10.1. The molecule has 1 N–H and O–H groups in total. The highest BCUT2D eigenvalue weighted by atomic mass is 19.4. The van der Waals surface area contributed by atoms with Gasteiger partial charge in [-0.3, -0.25) is 14.9 Å². The van der Waals surface area contributed by atoms with Crippen molar-refractivity contribution in [2.45, 2.75) is 19.7 Å². The Labute approximate surface area is 184 Å². The number of nitrogens with zero attached hydrogens (tertiary/aromatic N) is 1. The molecule has 0 bridgehead atoms. The third kappa shape index (κ3) is 4.79. The maximum absolute atomic E-state index is 14.0. The Morgan fingerprint density at radius 2 is 1.68 bits per heavy atom. The number of halogens is 7. The van der Waals surface area contributed by atoms with Crippen molar-refractivity contribution in [3.63, 3.8) is 0 Å². The van der Waals surface area contributed by atoms with Crippen LogP contribution in [0.1, 0.15) is 27.4 Å². The number of hydrogen-bond acceptors (Lipinski definition) is 5. The first-order chi connectivity index (χ1) is 15.8. The number of hydrogen-bond donors (Lipinski definition) is 1. The van der Waals surface area contributed by atoms with Gasteiger partial charge in [-0.1, -0.05) is 6.07 Å². The van der Waals surface area contributed by atoms with Gasteiger partial charge >= 0.3 is 11.9 Å². The summed E-state index contributed by atoms with van der Waals surface area (Å²) in [5, 5.41) is 12.5. The summed E-state index contributed by atoms with van der Waals surface area (Å²) in [5.74, 6) is -12.8. The molecule has 3 aromatic rings. The minimum atomic E-state index is -5.74. The number of alkyl halides is 3. The Hall–Kier alpha value is -4.10. The van der Waals surface area contributed by atoms with Crippen LogP contribution in [-0.4, -0.2) is 10.8 Å². The third-order valence-corrected chi connectivity index (χ3v) is 4.35. The normalized spacial score (nSPS) is 11.4. The van der Waals surface area contributed by atoms with Crippen LogP contribution in [0.4, 0.5) is 42.1 Å². The molecule has 0 atom stereocenters. The van der Waals surface area contributed by atoms with Crippen LogP contribution in [0.3, 0.4) is 0 Å². The summed E-state index contributed by atoms with van der Waals surface area (Å²) in [6, 6.07) is 6.22. The number of nitro benzene ring substituents is 1. The number of furan rings is 1. The van der Waals surface area contributed by atoms with E-state index >= 15 is 0 Å². The number of benzene rings is 2. The predicted molar refractivity (Wildman–Crippen MR) is 100 cm³/mol. The van der Waals surface area contributed by atoms with Crippen LogP contribution in [0, 0.1) is 40.3 Å². The van der Waals surface area contributed by atoms with Crippen molar-refractivity contribution >= 4 is 17.3 Å². The summed E-state index contributed by atoms with van der Waals surface area (Å²) in [6.07, 6.45) is -5.74. The number of ether oxygens (including phenoxy) is 1. The number of nitrogens with one attached hydrogen (secondary N) is 1. The molecule has 7 nitrogen and oxygen atoms in total. The van der Waals surface area contributed by atoms with Gasteiger partial charge in [0.1, 0.15) is 23.6 Å². The van der Waals surface area contributed by atoms with E-state index in [0.29, 0.717) is 5.56 Å². The van der Waals surface area contributed by atoms with Crippen LogP contribution in [0.15, 0.2) is 34.7 Å². The topological polar surface area (TPSA) is 94.6 Å². The van der Waals surface area contributed by atoms with E-state index in [1.165, 1.54) is 23.5 Å². The minimum absolute atomic E-state index is 0.0919. The Kier molecular flexibility index (Phi) is 6.52. The van der Waals surface area contributed by atoms with Crippen LogP contribution in [0.25, 0.3) is 0 Å². The molecular weight excluding hydrogens is 481 g/mol. The molecule has 1 heterocycles. The van der Waals surface area contributed by atoms with E-state index < -0.39 is 63.9 Å². The van der Waals surface area contributed by atoms with E-state index in [1.54, 1.807) is 6.92 Å². The highest BCUT2D eigenvalue weighted by Gasteiger charge is 2.42. The van der Waals surface area contributed by atoms with Crippen LogP contribution >= 0.6 is 0 Å². The fourth-order valence-electron chi connectivity index (χ4n) is 2.78. The van der Waals surface area contributed by atoms with E-state index in [0.717, 1.165) is 12.1 Å². The lowest BCUT2D eigenvalue weighted by Gasteiger charge is -2.14. The number of nitro groups is 1. The molecule has 0 saturated carbocycles. The van der Waals surface area contributed by atoms with Gasteiger partial charge in [0.25, 0.3) is 5.91 Å². The van der Waals surface area contributed by atoms with E-state index in [1.807, 2.05) is 0 Å². The largest absolute Gasteiger partial charge is 0.479 e. The van der Waals surface area contributed by atoms with E-state index in [9.17, 15) is 45.6 Å². The molecule has 0 radical (unpaired) electrons. The van der Waals surface area contributed by atoms with Crippen molar-refractivity contribution in [1.82, 2.24) is 0 Å². The van der Waals surface area contributed by atoms with Gasteiger partial charge < -0.3 is 14.5 Å². The van der Waals surface area contributed by atoms with Gasteiger partial charge in [-0.05, 0) is 30.7 Å². The van der Waals surface area contributed by atoms with Crippen molar-refractivity contribution in [3.05, 3.63) is 86.4 Å². The highest BCUT2D eigenvalue weighted by molar-refractivity contribution is 6.02. The molecule has 0 aliphatic heterocycles. The fraction of sp³-hybridized carbons (Fsp3) is 0.150. The summed E-state index contributed by atoms with van der Waals surface area (Å²) in [6.45, 7) is 1.19. The predicted octanol–water partition coefficient (Wildman–Crippen LogP) is 5.90. The first kappa shape index (κ1) is 24.5. The van der Waals surface area contributed by atoms with Gasteiger partial charge in [0.15, 0.2) is 34.8 Å². The van der Waals surface area contributed by atoms with Gasteiger partial charge in [0, 0.05) is 6.07 Å². The monoisotopic (exact) mass is 492 g/mol. The maximum atomic E-state index is 14.0. The van der Waals surface area contributed by atoms with Crippen LogP contribution in [0.5, 0.6) is 5.75 Å². The van der Waals surface area contributed by atoms with Gasteiger partial charge in [0.05, 0.1) is 4.92 Å². The molecule has 0 aliphatic rings. The zero-order chi connectivity index (χ0) is 25.4. The van der Waals surface area contributed by atoms with Crippen molar-refractivity contribution in [3.8, 4) is 5.75 Å². The second-order valence-electron chi connectivity index (χ2n) is 6.74. The van der Waals surface area contributed by atoms with Crippen molar-refractivity contribution in [1.29, 1.82) is 0 Å². The average molecular weight is 492 g/mol. The van der Waals surface area contributed by atoms with Crippen LogP contribution < -0.4 is 10.1 Å². The zero-order valence-electron chi connectivity index (χ0n) is 16.7. The molecule has 180 valence electrons. The average Bonchev–Trinajstić information content (AvgIpc) is 3.22. The summed E-state index contributed by atoms with van der Waals surface area (Å²) in [4.78, 5) is 22.6. The Morgan fingerprint density at radius 3 is 2.24 bits per heavy atom. The van der Waals surface area contributed by atoms with E-state index in [4.69, 9.17) is 9.15 Å². The summed E-state index contributed by atoms with van der Waals surface area (Å²) in [7, 11) is 0. The van der Waals surface area contributed by atoms with Crippen molar-refractivity contribution in [2.24, 2.45) is 0 Å². The first-order valence-corrected chi connectivity index (χ1v) is 9.02. The lowest BCUT2D eigenvalue weighted by molar-refractivity contribution is -0.386. The third-order valence-electron chi connectivity index (χ3n) is 4.35. The van der Waals surface area contributed by atoms with Gasteiger partial charge in [0.2, 0.25) is 0 Å². The molecule has 1 amide bonds. The first-order valence-electron chi connectivity index (χ1n) is 9.02. The minimum Gasteiger partial charge on any atom is -0.479 e. The molecule has 0 unspecified atom stereocenters. The second kappa shape index (κ2) is 9.03. The zero-order valence-corrected chi connectivity index (χ0v) is 16.7. The quantitative estimate of drug-likeness (QED) is 0.200. The molecule has 34 heavy (non-hydrogen) atoms. The molecule has 0 spiro atoms. The van der Waals surface area contributed by atoms with Crippen LogP contribution in [0.2, 0.25) is 0 Å². The molecule has 2 aromatic carbocycles. The van der Waals surface area contributed by atoms with Crippen LogP contribution in [-0.2, 0) is 12.8 Å². The number of aryl methyl sites for hydroxylation is 1. The summed E-state index contributed by atoms with van der Waals surface area (Å²) in [5.41, 5.74) is -4.34. The Balaban J connectivity index is 1.79. The number of rotatable bonds is 6. The number of carbonyl (C=O) groups is 1. The SMILES string of the molecule is Cc1ccc(OCc2ccc(C(=O)Nc3c(F)c(F)c(C(F)(F)F)c(F)c3F)o2)c([N+](=O)[O-])c1. The number of anilines is 1. The molecular formula is C20H11F7N2O5. The van der Waals surface area contributed by atoms with Gasteiger partial charge in [-0.25, -0.2) is 17.6 Å². The lowest BCUT2D eigenvalue weighted by Crippen LogP contribution is -2.20. The second-order valence-corrected chi connectivity index (χ2v) is 6.74. The number of carbonyl (C=O) groups excluding carboxylic acids is 1. The highest BCUT2D eigenvalue weighted by Crippen LogP contribution is 2.38. The molecule has 1 aromatic heterocycles. The molecule has 14 heteroatoms. The van der Waals surface area contributed by atoms with E-state index in [-0.39, 0.29) is 17.2 Å².